The smallest absolute Gasteiger partial charge is 0.251 e. The number of hydrogen-bond acceptors (Lipinski definition) is 5. The van der Waals surface area contributed by atoms with Crippen LogP contribution in [0.5, 0.6) is 0 Å². The second kappa shape index (κ2) is 9.48. The van der Waals surface area contributed by atoms with Crippen molar-refractivity contribution in [1.29, 1.82) is 0 Å². The molecule has 1 aromatic heterocycles. The predicted molar refractivity (Wildman–Crippen MR) is 116 cm³/mol. The Labute approximate surface area is 189 Å². The summed E-state index contributed by atoms with van der Waals surface area (Å²) in [5.74, 6) is -3.14. The van der Waals surface area contributed by atoms with E-state index in [0.29, 0.717) is 41.4 Å². The van der Waals surface area contributed by atoms with Gasteiger partial charge in [0.2, 0.25) is 0 Å². The Bertz CT molecular complexity index is 1170. The van der Waals surface area contributed by atoms with Crippen LogP contribution in [0.25, 0.3) is 0 Å². The quantitative estimate of drug-likeness (QED) is 0.504. The van der Waals surface area contributed by atoms with Gasteiger partial charge in [-0.3, -0.25) is 4.79 Å². The van der Waals surface area contributed by atoms with Crippen LogP contribution in [0.3, 0.4) is 0 Å². The van der Waals surface area contributed by atoms with Gasteiger partial charge in [0.15, 0.2) is 0 Å². The standard InChI is InChI=1S/C24H24F3N3O3/c1-14-7-17(29-33-14)12-30(4)22-8-15(5-6-19(22)24(2,3)13-31)23(32)28-11-18-20(26)9-16(25)10-21(18)27/h5-10,13H,11-12H2,1-4H3,(H,28,32). The van der Waals surface area contributed by atoms with Crippen LogP contribution in [-0.4, -0.2) is 24.4 Å². The molecule has 1 amide bonds. The first-order chi connectivity index (χ1) is 15.5. The van der Waals surface area contributed by atoms with Gasteiger partial charge in [0.1, 0.15) is 35.2 Å². The Hall–Kier alpha value is -3.62. The minimum Gasteiger partial charge on any atom is -0.368 e. The van der Waals surface area contributed by atoms with E-state index in [1.54, 1.807) is 46.0 Å². The molecule has 0 atom stereocenters. The topological polar surface area (TPSA) is 75.4 Å². The van der Waals surface area contributed by atoms with Crippen molar-refractivity contribution in [3.05, 3.63) is 82.0 Å². The van der Waals surface area contributed by atoms with Crippen molar-refractivity contribution >= 4 is 17.9 Å². The molecule has 0 bridgehead atoms. The minimum atomic E-state index is -1.08. The third-order valence-corrected chi connectivity index (χ3v) is 5.27. The van der Waals surface area contributed by atoms with Gasteiger partial charge in [-0.1, -0.05) is 11.2 Å². The summed E-state index contributed by atoms with van der Waals surface area (Å²) in [6, 6.07) is 7.69. The van der Waals surface area contributed by atoms with Gasteiger partial charge in [0.25, 0.3) is 5.91 Å². The largest absolute Gasteiger partial charge is 0.368 e. The van der Waals surface area contributed by atoms with Crippen LogP contribution in [0.2, 0.25) is 0 Å². The van der Waals surface area contributed by atoms with E-state index in [0.717, 1.165) is 6.29 Å². The van der Waals surface area contributed by atoms with Gasteiger partial charge in [0, 0.05) is 54.0 Å². The molecule has 3 rings (SSSR count). The molecule has 1 N–H and O–H groups in total. The highest BCUT2D eigenvalue weighted by molar-refractivity contribution is 5.95. The number of carbonyl (C=O) groups excluding carboxylic acids is 2. The maximum atomic E-state index is 13.9. The highest BCUT2D eigenvalue weighted by Gasteiger charge is 2.26. The fraction of sp³-hybridized carbons (Fsp3) is 0.292. The molecule has 33 heavy (non-hydrogen) atoms. The van der Waals surface area contributed by atoms with Crippen molar-refractivity contribution in [3.8, 4) is 0 Å². The average molecular weight is 459 g/mol. The number of hydrogen-bond donors (Lipinski definition) is 1. The second-order valence-electron chi connectivity index (χ2n) is 8.39. The number of nitrogens with zero attached hydrogens (tertiary/aromatic N) is 2. The molecule has 0 unspecified atom stereocenters. The first-order valence-corrected chi connectivity index (χ1v) is 10.2. The summed E-state index contributed by atoms with van der Waals surface area (Å²) < 4.78 is 46.0. The maximum Gasteiger partial charge on any atom is 0.251 e. The number of aryl methyl sites for hydroxylation is 1. The molecule has 0 aliphatic rings. The maximum absolute atomic E-state index is 13.9. The van der Waals surface area contributed by atoms with Gasteiger partial charge in [-0.2, -0.15) is 0 Å². The molecule has 0 saturated carbocycles. The lowest BCUT2D eigenvalue weighted by atomic mass is 9.84. The van der Waals surface area contributed by atoms with Crippen LogP contribution in [-0.2, 0) is 23.3 Å². The average Bonchev–Trinajstić information content (AvgIpc) is 3.16. The Morgan fingerprint density at radius 1 is 1.15 bits per heavy atom. The van der Waals surface area contributed by atoms with Crippen LogP contribution < -0.4 is 10.2 Å². The molecule has 1 heterocycles. The third kappa shape index (κ3) is 5.42. The molecule has 0 aliphatic carbocycles. The van der Waals surface area contributed by atoms with E-state index in [-0.39, 0.29) is 5.56 Å². The summed E-state index contributed by atoms with van der Waals surface area (Å²) in [7, 11) is 1.79. The van der Waals surface area contributed by atoms with E-state index >= 15 is 0 Å². The highest BCUT2D eigenvalue weighted by atomic mass is 19.1. The van der Waals surface area contributed by atoms with Crippen molar-refractivity contribution in [3.63, 3.8) is 0 Å². The molecule has 0 spiro atoms. The summed E-state index contributed by atoms with van der Waals surface area (Å²) in [5, 5.41) is 6.42. The van der Waals surface area contributed by atoms with Crippen LogP contribution >= 0.6 is 0 Å². The zero-order valence-electron chi connectivity index (χ0n) is 18.7. The summed E-state index contributed by atoms with van der Waals surface area (Å²) in [5.41, 5.74) is 0.913. The minimum absolute atomic E-state index is 0.224. The van der Waals surface area contributed by atoms with E-state index in [1.807, 2.05) is 4.90 Å². The number of amides is 1. The lowest BCUT2D eigenvalue weighted by molar-refractivity contribution is -0.111. The third-order valence-electron chi connectivity index (χ3n) is 5.27. The normalized spacial score (nSPS) is 11.4. The first-order valence-electron chi connectivity index (χ1n) is 10.2. The van der Waals surface area contributed by atoms with E-state index in [1.165, 1.54) is 6.07 Å². The van der Waals surface area contributed by atoms with Gasteiger partial charge in [-0.25, -0.2) is 13.2 Å². The Morgan fingerprint density at radius 2 is 1.82 bits per heavy atom. The number of halogens is 3. The van der Waals surface area contributed by atoms with Crippen molar-refractivity contribution < 1.29 is 27.3 Å². The fourth-order valence-corrected chi connectivity index (χ4v) is 3.43. The zero-order chi connectivity index (χ0) is 24.3. The fourth-order valence-electron chi connectivity index (χ4n) is 3.43. The molecule has 2 aromatic carbocycles. The van der Waals surface area contributed by atoms with Crippen LogP contribution in [0.4, 0.5) is 18.9 Å². The van der Waals surface area contributed by atoms with Crippen molar-refractivity contribution in [2.24, 2.45) is 0 Å². The summed E-state index contributed by atoms with van der Waals surface area (Å²) in [4.78, 5) is 26.3. The number of aromatic nitrogens is 1. The van der Waals surface area contributed by atoms with Crippen LogP contribution in [0.15, 0.2) is 40.9 Å². The van der Waals surface area contributed by atoms with Gasteiger partial charge in [-0.15, -0.1) is 0 Å². The molecule has 0 saturated heterocycles. The molecule has 174 valence electrons. The lowest BCUT2D eigenvalue weighted by Gasteiger charge is -2.28. The highest BCUT2D eigenvalue weighted by Crippen LogP contribution is 2.32. The van der Waals surface area contributed by atoms with Crippen molar-refractivity contribution in [2.45, 2.75) is 39.3 Å². The van der Waals surface area contributed by atoms with E-state index in [9.17, 15) is 22.8 Å². The molecule has 3 aromatic rings. The summed E-state index contributed by atoms with van der Waals surface area (Å²) in [6.07, 6.45) is 0.819. The first kappa shape index (κ1) is 24.0. The number of aldehydes is 1. The number of anilines is 1. The molecule has 9 heteroatoms. The number of nitrogens with one attached hydrogen (secondary N) is 1. The van der Waals surface area contributed by atoms with Gasteiger partial charge in [-0.05, 0) is 38.5 Å². The van der Waals surface area contributed by atoms with E-state index in [2.05, 4.69) is 10.5 Å². The molecule has 0 radical (unpaired) electrons. The van der Waals surface area contributed by atoms with E-state index in [4.69, 9.17) is 4.52 Å². The number of carbonyl (C=O) groups is 2. The van der Waals surface area contributed by atoms with Gasteiger partial charge < -0.3 is 19.5 Å². The van der Waals surface area contributed by atoms with Gasteiger partial charge >= 0.3 is 0 Å². The molecular formula is C24H24F3N3O3. The van der Waals surface area contributed by atoms with Crippen molar-refractivity contribution in [2.75, 3.05) is 11.9 Å². The Morgan fingerprint density at radius 3 is 2.39 bits per heavy atom. The molecule has 0 aliphatic heterocycles. The van der Waals surface area contributed by atoms with Crippen LogP contribution in [0.1, 0.15) is 46.8 Å². The molecule has 6 nitrogen and oxygen atoms in total. The summed E-state index contributed by atoms with van der Waals surface area (Å²) >= 11 is 0. The van der Waals surface area contributed by atoms with E-state index < -0.39 is 40.9 Å². The molecule has 0 fully saturated rings. The Balaban J connectivity index is 1.88. The second-order valence-corrected chi connectivity index (χ2v) is 8.39. The zero-order valence-corrected chi connectivity index (χ0v) is 18.7. The lowest BCUT2D eigenvalue weighted by Crippen LogP contribution is -2.28. The van der Waals surface area contributed by atoms with Gasteiger partial charge in [0.05, 0.1) is 6.54 Å². The number of benzene rings is 2. The SMILES string of the molecule is Cc1cc(CN(C)c2cc(C(=O)NCc3c(F)cc(F)cc3F)ccc2C(C)(C)C=O)no1. The predicted octanol–water partition coefficient (Wildman–Crippen LogP) is 4.44. The number of rotatable bonds is 8. The van der Waals surface area contributed by atoms with Crippen LogP contribution in [0, 0.1) is 24.4 Å². The monoisotopic (exact) mass is 459 g/mol. The molecular weight excluding hydrogens is 435 g/mol. The van der Waals surface area contributed by atoms with Crippen molar-refractivity contribution in [1.82, 2.24) is 10.5 Å². The summed E-state index contributed by atoms with van der Waals surface area (Å²) in [6.45, 7) is 5.19. The Kier molecular flexibility index (Phi) is 6.90.